The molecule has 0 radical (unpaired) electrons. The number of imidazole rings is 3. The molecule has 10 aromatic rings. The first-order valence-electron chi connectivity index (χ1n) is 21.9. The number of hydrogen-bond acceptors (Lipinski definition) is 11. The third kappa shape index (κ3) is 8.07. The van der Waals surface area contributed by atoms with E-state index in [-0.39, 0.29) is 17.2 Å². The largest absolute Gasteiger partial charge is 0.423 e. The molecule has 0 bridgehead atoms. The molecule has 0 atom stereocenters. The van der Waals surface area contributed by atoms with Gasteiger partial charge in [0.05, 0.1) is 29.8 Å². The topological polar surface area (TPSA) is 184 Å². The van der Waals surface area contributed by atoms with Gasteiger partial charge in [-0.15, -0.1) is 0 Å². The highest BCUT2D eigenvalue weighted by Crippen LogP contribution is 2.45. The van der Waals surface area contributed by atoms with E-state index < -0.39 is 17.9 Å². The quantitative estimate of drug-likeness (QED) is 0.0491. The minimum atomic E-state index is -0.634. The summed E-state index contributed by atoms with van der Waals surface area (Å²) in [7, 11) is 0. The number of esters is 3. The third-order valence-electron chi connectivity index (χ3n) is 11.5. The van der Waals surface area contributed by atoms with E-state index in [4.69, 9.17) is 35.7 Å². The molecule has 0 aliphatic rings. The second-order valence-corrected chi connectivity index (χ2v) is 15.8. The molecule has 15 nitrogen and oxygen atoms in total. The van der Waals surface area contributed by atoms with Gasteiger partial charge in [0.25, 0.3) is 0 Å². The van der Waals surface area contributed by atoms with E-state index >= 15 is 0 Å². The second kappa shape index (κ2) is 18.6. The first kappa shape index (κ1) is 44.9. The Labute approximate surface area is 409 Å². The third-order valence-corrected chi connectivity index (χ3v) is 11.5. The van der Waals surface area contributed by atoms with Gasteiger partial charge in [0.2, 0.25) is 0 Å². The van der Waals surface area contributed by atoms with Crippen molar-refractivity contribution in [2.24, 2.45) is 0 Å². The second-order valence-electron chi connectivity index (χ2n) is 15.8. The number of aromatic nitrogens is 6. The molecule has 3 aromatic heterocycles. The van der Waals surface area contributed by atoms with Gasteiger partial charge in [-0.2, -0.15) is 10.5 Å². The van der Waals surface area contributed by atoms with Gasteiger partial charge in [0, 0.05) is 52.0 Å². The number of nitriles is 2. The van der Waals surface area contributed by atoms with E-state index in [1.54, 1.807) is 133 Å². The zero-order valence-electron chi connectivity index (χ0n) is 37.7. The van der Waals surface area contributed by atoms with Crippen molar-refractivity contribution in [3.05, 3.63) is 206 Å². The van der Waals surface area contributed by atoms with Crippen molar-refractivity contribution in [3.63, 3.8) is 0 Å². The lowest BCUT2D eigenvalue weighted by atomic mass is 10.1. The first-order chi connectivity index (χ1) is 35.1. The summed E-state index contributed by atoms with van der Waals surface area (Å²) in [6, 6.07) is 46.0. The molecule has 15 heteroatoms. The van der Waals surface area contributed by atoms with E-state index in [9.17, 15) is 24.9 Å². The van der Waals surface area contributed by atoms with Gasteiger partial charge < -0.3 is 14.2 Å². The zero-order valence-corrected chi connectivity index (χ0v) is 37.7. The summed E-state index contributed by atoms with van der Waals surface area (Å²) in [4.78, 5) is 57.0. The Balaban J connectivity index is 1.41. The average Bonchev–Trinajstić information content (AvgIpc) is 4.14. The summed E-state index contributed by atoms with van der Waals surface area (Å²) in [6.45, 7) is 18.3. The van der Waals surface area contributed by atoms with Gasteiger partial charge in [-0.25, -0.2) is 34.2 Å². The molecular formula is C57H33N9O6. The number of fused-ring (bicyclic) bond motifs is 6. The van der Waals surface area contributed by atoms with Crippen LogP contribution in [0.5, 0.6) is 17.2 Å². The van der Waals surface area contributed by atoms with E-state index in [1.807, 2.05) is 25.8 Å². The number of carbonyl (C=O) groups is 3. The highest BCUT2D eigenvalue weighted by molar-refractivity contribution is 6.22. The highest BCUT2D eigenvalue weighted by atomic mass is 16.5. The van der Waals surface area contributed by atoms with Crippen molar-refractivity contribution < 1.29 is 28.6 Å². The van der Waals surface area contributed by atoms with Gasteiger partial charge in [-0.05, 0) is 121 Å². The summed E-state index contributed by atoms with van der Waals surface area (Å²) in [5.74, 6) is 0.254. The molecule has 342 valence electrons. The van der Waals surface area contributed by atoms with Crippen LogP contribution in [0.25, 0.3) is 89.2 Å². The van der Waals surface area contributed by atoms with Gasteiger partial charge >= 0.3 is 17.9 Å². The Morgan fingerprint density at radius 3 is 0.986 bits per heavy atom. The van der Waals surface area contributed by atoms with Crippen LogP contribution in [0.2, 0.25) is 0 Å². The predicted molar refractivity (Wildman–Crippen MR) is 270 cm³/mol. The SMILES string of the molecule is [C-]#[N+]c1ccc(-c2nc3c4c(nc(-c5ccc(C#N)cc5)n4-c4ccc(OC(=O)C=C)cc4)c4c(nc(-c5ccc(C#N)cc5)n4-c4ccc(OC(=O)C=C)cc4)c3n2-c2ccc(OC(=O)C=C)cc2)cc1. The van der Waals surface area contributed by atoms with Crippen LogP contribution in [-0.4, -0.2) is 46.6 Å². The van der Waals surface area contributed by atoms with Gasteiger partial charge in [0.15, 0.2) is 5.69 Å². The number of benzene rings is 7. The van der Waals surface area contributed by atoms with E-state index in [0.717, 1.165) is 18.2 Å². The Hall–Kier alpha value is -11.0. The molecule has 0 aliphatic heterocycles. The maximum Gasteiger partial charge on any atom is 0.335 e. The maximum absolute atomic E-state index is 12.3. The molecule has 0 saturated heterocycles. The maximum atomic E-state index is 12.3. The van der Waals surface area contributed by atoms with E-state index in [1.165, 1.54) is 0 Å². The summed E-state index contributed by atoms with van der Waals surface area (Å²) in [6.07, 6.45) is 3.22. The smallest absolute Gasteiger partial charge is 0.335 e. The molecule has 10 rings (SSSR count). The van der Waals surface area contributed by atoms with Crippen LogP contribution in [0.3, 0.4) is 0 Å². The minimum absolute atomic E-state index is 0.268. The standard InChI is InChI=1S/C57H33N9O6/c1-5-46(67)70-43-26-20-40(21-27-43)64-52-49-53(65(41-22-28-44(29-23-41)71-47(68)6-2)55(61-49)36-12-8-34(32-58)9-13-36)51-54(50(52)62-56(64)37-14-10-35(33-59)11-15-37)66(42-24-30-45(31-25-42)72-48(69)7-3)57(63-51)38-16-18-39(60-4)19-17-38/h5-31H,1-3H2. The van der Waals surface area contributed by atoms with Crippen LogP contribution < -0.4 is 14.2 Å². The molecule has 0 saturated carbocycles. The number of ether oxygens (including phenoxy) is 3. The van der Waals surface area contributed by atoms with Gasteiger partial charge in [-0.3, -0.25) is 13.7 Å². The molecule has 3 heterocycles. The van der Waals surface area contributed by atoms with Crippen LogP contribution >= 0.6 is 0 Å². The van der Waals surface area contributed by atoms with Crippen molar-refractivity contribution in [1.29, 1.82) is 10.5 Å². The average molecular weight is 940 g/mol. The fraction of sp³-hybridized carbons (Fsp3) is 0. The lowest BCUT2D eigenvalue weighted by Gasteiger charge is -2.13. The Morgan fingerprint density at radius 1 is 0.458 bits per heavy atom. The molecule has 0 fully saturated rings. The lowest BCUT2D eigenvalue weighted by Crippen LogP contribution is -2.04. The molecule has 0 unspecified atom stereocenters. The highest BCUT2D eigenvalue weighted by Gasteiger charge is 2.31. The molecule has 0 aliphatic carbocycles. The van der Waals surface area contributed by atoms with Gasteiger partial charge in [-0.1, -0.05) is 44.0 Å². The molecule has 0 amide bonds. The monoisotopic (exact) mass is 939 g/mol. The van der Waals surface area contributed by atoms with Crippen molar-refractivity contribution in [3.8, 4) is 80.6 Å². The first-order valence-corrected chi connectivity index (χ1v) is 21.9. The predicted octanol–water partition coefficient (Wildman–Crippen LogP) is 11.3. The number of nitrogens with zero attached hydrogens (tertiary/aromatic N) is 9. The van der Waals surface area contributed by atoms with E-state index in [0.29, 0.717) is 101 Å². The van der Waals surface area contributed by atoms with Crippen molar-refractivity contribution in [1.82, 2.24) is 28.7 Å². The Kier molecular flexibility index (Phi) is 11.6. The minimum Gasteiger partial charge on any atom is -0.423 e. The van der Waals surface area contributed by atoms with Crippen molar-refractivity contribution in [2.45, 2.75) is 0 Å². The van der Waals surface area contributed by atoms with E-state index in [2.05, 4.69) is 36.7 Å². The molecule has 0 N–H and O–H groups in total. The Morgan fingerprint density at radius 2 is 0.736 bits per heavy atom. The zero-order chi connectivity index (χ0) is 50.0. The van der Waals surface area contributed by atoms with Crippen LogP contribution in [0.15, 0.2) is 184 Å². The fourth-order valence-corrected chi connectivity index (χ4v) is 8.28. The summed E-state index contributed by atoms with van der Waals surface area (Å²) < 4.78 is 22.3. The summed E-state index contributed by atoms with van der Waals surface area (Å²) >= 11 is 0. The van der Waals surface area contributed by atoms with Crippen LogP contribution in [0.1, 0.15) is 11.1 Å². The number of hydrogen-bond donors (Lipinski definition) is 0. The van der Waals surface area contributed by atoms with Gasteiger partial charge in [0.1, 0.15) is 67.8 Å². The molecule has 0 spiro atoms. The fourth-order valence-electron chi connectivity index (χ4n) is 8.28. The summed E-state index contributed by atoms with van der Waals surface area (Å²) in [5, 5.41) is 19.6. The van der Waals surface area contributed by atoms with Crippen LogP contribution in [0, 0.1) is 29.2 Å². The van der Waals surface area contributed by atoms with Crippen LogP contribution in [-0.2, 0) is 14.4 Å². The molecular weight excluding hydrogens is 907 g/mol. The Bertz CT molecular complexity index is 3550. The number of carbonyl (C=O) groups excluding carboxylic acids is 3. The lowest BCUT2D eigenvalue weighted by molar-refractivity contribution is -0.129. The van der Waals surface area contributed by atoms with Crippen molar-refractivity contribution >= 4 is 56.7 Å². The molecule has 7 aromatic carbocycles. The van der Waals surface area contributed by atoms with Crippen LogP contribution in [0.4, 0.5) is 5.69 Å². The van der Waals surface area contributed by atoms with Crippen molar-refractivity contribution in [2.75, 3.05) is 0 Å². The summed E-state index contributed by atoms with van der Waals surface area (Å²) in [5.41, 5.74) is 7.88. The number of rotatable bonds is 12. The normalized spacial score (nSPS) is 10.8. The molecule has 72 heavy (non-hydrogen) atoms.